The topological polar surface area (TPSA) is 88.9 Å². The van der Waals surface area contributed by atoms with Crippen LogP contribution in [0.3, 0.4) is 0 Å². The second-order valence-corrected chi connectivity index (χ2v) is 9.80. The van der Waals surface area contributed by atoms with Gasteiger partial charge in [-0.3, -0.25) is 4.79 Å². The summed E-state index contributed by atoms with van der Waals surface area (Å²) < 4.78 is 38.7. The van der Waals surface area contributed by atoms with Crippen molar-refractivity contribution in [3.05, 3.63) is 53.2 Å². The Bertz CT molecular complexity index is 1210. The summed E-state index contributed by atoms with van der Waals surface area (Å²) in [5, 5.41) is 3.94. The summed E-state index contributed by atoms with van der Waals surface area (Å²) in [6.07, 6.45) is 3.74. The van der Waals surface area contributed by atoms with E-state index in [0.717, 1.165) is 25.7 Å². The van der Waals surface area contributed by atoms with E-state index in [1.807, 2.05) is 0 Å². The van der Waals surface area contributed by atoms with Crippen molar-refractivity contribution in [2.24, 2.45) is 0 Å². The SMILES string of the molecule is COc1ccc(S(=O)(=O)N2CCCCCC2)cc1NC(=O)c1cc2cc(Cl)ccc2o1. The van der Waals surface area contributed by atoms with E-state index in [4.69, 9.17) is 20.8 Å². The van der Waals surface area contributed by atoms with Crippen molar-refractivity contribution in [2.45, 2.75) is 30.6 Å². The molecule has 1 amide bonds. The normalized spacial score (nSPS) is 15.5. The molecule has 2 aromatic carbocycles. The monoisotopic (exact) mass is 462 g/mol. The molecule has 1 saturated heterocycles. The lowest BCUT2D eigenvalue weighted by Crippen LogP contribution is -2.32. The van der Waals surface area contributed by atoms with Crippen LogP contribution in [0.25, 0.3) is 11.0 Å². The number of ether oxygens (including phenoxy) is 1. The minimum Gasteiger partial charge on any atom is -0.495 e. The van der Waals surface area contributed by atoms with Gasteiger partial charge in [0.2, 0.25) is 10.0 Å². The molecule has 2 heterocycles. The molecule has 0 aliphatic carbocycles. The van der Waals surface area contributed by atoms with E-state index < -0.39 is 15.9 Å². The number of sulfonamides is 1. The lowest BCUT2D eigenvalue weighted by atomic mass is 10.2. The predicted octanol–water partition coefficient (Wildman–Crippen LogP) is 4.91. The molecule has 1 aromatic heterocycles. The van der Waals surface area contributed by atoms with Gasteiger partial charge in [-0.2, -0.15) is 4.31 Å². The highest BCUT2D eigenvalue weighted by Gasteiger charge is 2.26. The van der Waals surface area contributed by atoms with E-state index in [0.29, 0.717) is 34.8 Å². The Morgan fingerprint density at radius 3 is 2.52 bits per heavy atom. The average Bonchev–Trinajstić information content (AvgIpc) is 2.97. The fraction of sp³-hybridized carbons (Fsp3) is 0.318. The first-order valence-corrected chi connectivity index (χ1v) is 11.9. The quantitative estimate of drug-likeness (QED) is 0.581. The van der Waals surface area contributed by atoms with Crippen molar-refractivity contribution in [3.63, 3.8) is 0 Å². The van der Waals surface area contributed by atoms with Crippen LogP contribution >= 0.6 is 11.6 Å². The molecule has 0 unspecified atom stereocenters. The van der Waals surface area contributed by atoms with Crippen LogP contribution in [0.2, 0.25) is 5.02 Å². The number of carbonyl (C=O) groups excluding carboxylic acids is 1. The van der Waals surface area contributed by atoms with E-state index in [1.165, 1.54) is 23.5 Å². The molecular formula is C22H23ClN2O5S. The molecule has 0 spiro atoms. The summed E-state index contributed by atoms with van der Waals surface area (Å²) >= 11 is 5.99. The number of fused-ring (bicyclic) bond motifs is 1. The second-order valence-electron chi connectivity index (χ2n) is 7.43. The minimum absolute atomic E-state index is 0.0834. The van der Waals surface area contributed by atoms with Crippen LogP contribution in [-0.2, 0) is 10.0 Å². The Hall–Kier alpha value is -2.55. The van der Waals surface area contributed by atoms with Crippen molar-refractivity contribution >= 4 is 44.2 Å². The van der Waals surface area contributed by atoms with Crippen LogP contribution in [0.5, 0.6) is 5.75 Å². The molecule has 0 atom stereocenters. The van der Waals surface area contributed by atoms with Gasteiger partial charge in [-0.05, 0) is 55.3 Å². The van der Waals surface area contributed by atoms with Gasteiger partial charge >= 0.3 is 0 Å². The lowest BCUT2D eigenvalue weighted by Gasteiger charge is -2.21. The fourth-order valence-corrected chi connectivity index (χ4v) is 5.41. The van der Waals surface area contributed by atoms with E-state index >= 15 is 0 Å². The van der Waals surface area contributed by atoms with E-state index in [1.54, 1.807) is 30.3 Å². The number of rotatable bonds is 5. The largest absolute Gasteiger partial charge is 0.495 e. The zero-order valence-electron chi connectivity index (χ0n) is 17.1. The third-order valence-electron chi connectivity index (χ3n) is 5.32. The molecule has 0 saturated carbocycles. The van der Waals surface area contributed by atoms with Gasteiger partial charge in [0.05, 0.1) is 17.7 Å². The summed E-state index contributed by atoms with van der Waals surface area (Å²) in [6, 6.07) is 11.1. The molecule has 1 aliphatic rings. The number of amides is 1. The minimum atomic E-state index is -3.67. The zero-order valence-corrected chi connectivity index (χ0v) is 18.6. The van der Waals surface area contributed by atoms with Crippen LogP contribution in [0.15, 0.2) is 51.8 Å². The van der Waals surface area contributed by atoms with E-state index in [2.05, 4.69) is 5.32 Å². The number of nitrogens with one attached hydrogen (secondary N) is 1. The highest BCUT2D eigenvalue weighted by atomic mass is 35.5. The van der Waals surface area contributed by atoms with Crippen molar-refractivity contribution in [1.82, 2.24) is 4.31 Å². The van der Waals surface area contributed by atoms with Gasteiger partial charge in [-0.1, -0.05) is 24.4 Å². The van der Waals surface area contributed by atoms with Crippen molar-refractivity contribution < 1.29 is 22.4 Å². The Kier molecular flexibility index (Phi) is 6.22. The molecule has 3 aromatic rings. The number of carbonyl (C=O) groups is 1. The first kappa shape index (κ1) is 21.7. The molecule has 31 heavy (non-hydrogen) atoms. The van der Waals surface area contributed by atoms with E-state index in [-0.39, 0.29) is 16.3 Å². The van der Waals surface area contributed by atoms with Crippen molar-refractivity contribution in [3.8, 4) is 5.75 Å². The number of hydrogen-bond donors (Lipinski definition) is 1. The Balaban J connectivity index is 1.63. The molecular weight excluding hydrogens is 440 g/mol. The van der Waals surface area contributed by atoms with Gasteiger partial charge in [0.1, 0.15) is 11.3 Å². The van der Waals surface area contributed by atoms with Gasteiger partial charge in [0, 0.05) is 23.5 Å². The summed E-state index contributed by atoms with van der Waals surface area (Å²) in [7, 11) is -2.21. The Morgan fingerprint density at radius 2 is 1.81 bits per heavy atom. The van der Waals surface area contributed by atoms with Crippen molar-refractivity contribution in [1.29, 1.82) is 0 Å². The molecule has 4 rings (SSSR count). The summed E-state index contributed by atoms with van der Waals surface area (Å²) in [5.41, 5.74) is 0.779. The van der Waals surface area contributed by atoms with Crippen LogP contribution < -0.4 is 10.1 Å². The van der Waals surface area contributed by atoms with Gasteiger partial charge in [-0.25, -0.2) is 8.42 Å². The highest BCUT2D eigenvalue weighted by molar-refractivity contribution is 7.89. The first-order chi connectivity index (χ1) is 14.9. The number of nitrogens with zero attached hydrogens (tertiary/aromatic N) is 1. The number of halogens is 1. The molecule has 1 N–H and O–H groups in total. The van der Waals surface area contributed by atoms with Gasteiger partial charge in [-0.15, -0.1) is 0 Å². The highest BCUT2D eigenvalue weighted by Crippen LogP contribution is 2.31. The number of furan rings is 1. The molecule has 9 heteroatoms. The number of hydrogen-bond acceptors (Lipinski definition) is 5. The van der Waals surface area contributed by atoms with Crippen LogP contribution in [0.4, 0.5) is 5.69 Å². The molecule has 1 aliphatic heterocycles. The Morgan fingerprint density at radius 1 is 1.06 bits per heavy atom. The summed E-state index contributed by atoms with van der Waals surface area (Å²) in [4.78, 5) is 12.9. The smallest absolute Gasteiger partial charge is 0.291 e. The average molecular weight is 463 g/mol. The van der Waals surface area contributed by atoms with Gasteiger partial charge < -0.3 is 14.5 Å². The lowest BCUT2D eigenvalue weighted by molar-refractivity contribution is 0.0998. The van der Waals surface area contributed by atoms with Gasteiger partial charge in [0.25, 0.3) is 5.91 Å². The maximum atomic E-state index is 13.1. The number of anilines is 1. The van der Waals surface area contributed by atoms with Crippen LogP contribution in [0, 0.1) is 0 Å². The molecule has 7 nitrogen and oxygen atoms in total. The third kappa shape index (κ3) is 4.56. The predicted molar refractivity (Wildman–Crippen MR) is 119 cm³/mol. The van der Waals surface area contributed by atoms with Crippen molar-refractivity contribution in [2.75, 3.05) is 25.5 Å². The molecule has 164 valence electrons. The van der Waals surface area contributed by atoms with Crippen LogP contribution in [0.1, 0.15) is 36.2 Å². The standard InChI is InChI=1S/C22H23ClN2O5S/c1-29-20-9-7-17(31(27,28)25-10-4-2-3-5-11-25)14-18(20)24-22(26)21-13-15-12-16(23)6-8-19(15)30-21/h6-9,12-14H,2-5,10-11H2,1H3,(H,24,26). The fourth-order valence-electron chi connectivity index (χ4n) is 3.69. The van der Waals surface area contributed by atoms with Crippen LogP contribution in [-0.4, -0.2) is 38.8 Å². The zero-order chi connectivity index (χ0) is 22.0. The third-order valence-corrected chi connectivity index (χ3v) is 7.45. The summed E-state index contributed by atoms with van der Waals surface area (Å²) in [6.45, 7) is 0.995. The summed E-state index contributed by atoms with van der Waals surface area (Å²) in [5.74, 6) is -0.0858. The van der Waals surface area contributed by atoms with Gasteiger partial charge in [0.15, 0.2) is 5.76 Å². The molecule has 1 fully saturated rings. The number of methoxy groups -OCH3 is 1. The molecule has 0 bridgehead atoms. The van der Waals surface area contributed by atoms with E-state index in [9.17, 15) is 13.2 Å². The number of benzene rings is 2. The Labute approximate surface area is 186 Å². The first-order valence-electron chi connectivity index (χ1n) is 10.1. The second kappa shape index (κ2) is 8.90. The molecule has 0 radical (unpaired) electrons. The maximum Gasteiger partial charge on any atom is 0.291 e. The maximum absolute atomic E-state index is 13.1.